The minimum absolute atomic E-state index is 0.129. The van der Waals surface area contributed by atoms with Crippen molar-refractivity contribution in [2.75, 3.05) is 20.2 Å². The first-order valence-electron chi connectivity index (χ1n) is 6.80. The fourth-order valence-electron chi connectivity index (χ4n) is 1.87. The second-order valence-electron chi connectivity index (χ2n) is 4.80. The second-order valence-corrected chi connectivity index (χ2v) is 4.80. The number of hydrogen-bond acceptors (Lipinski definition) is 3. The highest BCUT2D eigenvalue weighted by Crippen LogP contribution is 2.06. The fourth-order valence-corrected chi connectivity index (χ4v) is 1.87. The van der Waals surface area contributed by atoms with E-state index in [0.717, 1.165) is 36.9 Å². The predicted molar refractivity (Wildman–Crippen MR) is 76.6 cm³/mol. The van der Waals surface area contributed by atoms with Gasteiger partial charge in [-0.05, 0) is 30.4 Å². The third kappa shape index (κ3) is 5.85. The van der Waals surface area contributed by atoms with Gasteiger partial charge in [-0.1, -0.05) is 24.3 Å². The summed E-state index contributed by atoms with van der Waals surface area (Å²) in [6.45, 7) is 1.50. The van der Waals surface area contributed by atoms with Gasteiger partial charge in [-0.3, -0.25) is 4.79 Å². The van der Waals surface area contributed by atoms with Crippen LogP contribution in [-0.4, -0.2) is 36.1 Å². The lowest BCUT2D eigenvalue weighted by atomic mass is 10.1. The Morgan fingerprint density at radius 1 is 1.16 bits per heavy atom. The van der Waals surface area contributed by atoms with Crippen LogP contribution in [0.4, 0.5) is 0 Å². The Hall–Kier alpha value is -1.39. The van der Waals surface area contributed by atoms with Crippen molar-refractivity contribution in [3.05, 3.63) is 35.4 Å². The van der Waals surface area contributed by atoms with Gasteiger partial charge >= 0.3 is 0 Å². The van der Waals surface area contributed by atoms with Crippen LogP contribution >= 0.6 is 0 Å². The van der Waals surface area contributed by atoms with E-state index in [0.29, 0.717) is 13.0 Å². The van der Waals surface area contributed by atoms with Gasteiger partial charge in [0, 0.05) is 26.7 Å². The molecule has 19 heavy (non-hydrogen) atoms. The van der Waals surface area contributed by atoms with Gasteiger partial charge in [0.25, 0.3) is 0 Å². The molecule has 0 radical (unpaired) electrons. The number of aliphatic hydroxyl groups is 1. The van der Waals surface area contributed by atoms with Gasteiger partial charge in [0.2, 0.25) is 5.91 Å². The maximum absolute atomic E-state index is 12.0. The maximum atomic E-state index is 12.0. The third-order valence-corrected chi connectivity index (χ3v) is 3.19. The lowest BCUT2D eigenvalue weighted by Gasteiger charge is -2.17. The van der Waals surface area contributed by atoms with Crippen molar-refractivity contribution in [3.63, 3.8) is 0 Å². The van der Waals surface area contributed by atoms with E-state index >= 15 is 0 Å². The summed E-state index contributed by atoms with van der Waals surface area (Å²) in [6.07, 6.45) is 3.14. The van der Waals surface area contributed by atoms with E-state index in [1.807, 2.05) is 31.3 Å². The number of amides is 1. The molecule has 0 aromatic heterocycles. The summed E-state index contributed by atoms with van der Waals surface area (Å²) in [5.74, 6) is 0.129. The largest absolute Gasteiger partial charge is 0.396 e. The van der Waals surface area contributed by atoms with Crippen LogP contribution in [0.2, 0.25) is 0 Å². The molecule has 0 fully saturated rings. The van der Waals surface area contributed by atoms with Crippen molar-refractivity contribution < 1.29 is 9.90 Å². The molecule has 0 saturated carbocycles. The van der Waals surface area contributed by atoms with Crippen LogP contribution in [0.25, 0.3) is 0 Å². The summed E-state index contributed by atoms with van der Waals surface area (Å²) in [6, 6.07) is 7.84. The number of hydrogen-bond donors (Lipinski definition) is 2. The average molecular weight is 264 g/mol. The lowest BCUT2D eigenvalue weighted by Crippen LogP contribution is -2.29. The van der Waals surface area contributed by atoms with Crippen LogP contribution in [-0.2, 0) is 17.8 Å². The van der Waals surface area contributed by atoms with Crippen LogP contribution in [0, 0.1) is 0 Å². The van der Waals surface area contributed by atoms with Gasteiger partial charge in [0.05, 0.1) is 6.42 Å². The molecule has 1 amide bonds. The monoisotopic (exact) mass is 264 g/mol. The number of aliphatic hydroxyl groups excluding tert-OH is 1. The Kier molecular flexibility index (Phi) is 7.15. The third-order valence-electron chi connectivity index (χ3n) is 3.19. The van der Waals surface area contributed by atoms with E-state index in [1.165, 1.54) is 0 Å². The molecule has 4 nitrogen and oxygen atoms in total. The topological polar surface area (TPSA) is 66.6 Å². The zero-order valence-corrected chi connectivity index (χ0v) is 11.6. The van der Waals surface area contributed by atoms with Crippen molar-refractivity contribution in [2.24, 2.45) is 5.73 Å². The number of carbonyl (C=O) groups excluding carboxylic acids is 1. The van der Waals surface area contributed by atoms with Crippen molar-refractivity contribution in [1.29, 1.82) is 0 Å². The molecule has 0 aliphatic heterocycles. The maximum Gasteiger partial charge on any atom is 0.226 e. The Morgan fingerprint density at radius 2 is 1.79 bits per heavy atom. The van der Waals surface area contributed by atoms with Crippen molar-refractivity contribution in [2.45, 2.75) is 32.2 Å². The van der Waals surface area contributed by atoms with Crippen molar-refractivity contribution >= 4 is 5.91 Å². The van der Waals surface area contributed by atoms with Crippen molar-refractivity contribution in [1.82, 2.24) is 4.90 Å². The highest BCUT2D eigenvalue weighted by Gasteiger charge is 2.09. The molecule has 1 aromatic carbocycles. The van der Waals surface area contributed by atoms with Gasteiger partial charge in [-0.15, -0.1) is 0 Å². The molecule has 106 valence electrons. The van der Waals surface area contributed by atoms with Crippen LogP contribution in [0.1, 0.15) is 30.4 Å². The molecule has 0 aliphatic rings. The highest BCUT2D eigenvalue weighted by molar-refractivity contribution is 5.78. The Morgan fingerprint density at radius 3 is 2.37 bits per heavy atom. The molecule has 0 atom stereocenters. The summed E-state index contributed by atoms with van der Waals surface area (Å²) in [5.41, 5.74) is 7.63. The number of likely N-dealkylation sites (N-methyl/N-ethyl adjacent to an activating group) is 1. The van der Waals surface area contributed by atoms with E-state index in [4.69, 9.17) is 10.8 Å². The SMILES string of the molecule is CN(CCCCCO)C(=O)Cc1ccc(CN)cc1. The quantitative estimate of drug-likeness (QED) is 0.696. The Bertz CT molecular complexity index is 376. The number of nitrogens with zero attached hydrogens (tertiary/aromatic N) is 1. The number of rotatable bonds is 8. The fraction of sp³-hybridized carbons (Fsp3) is 0.533. The van der Waals surface area contributed by atoms with E-state index < -0.39 is 0 Å². The van der Waals surface area contributed by atoms with Gasteiger partial charge in [-0.25, -0.2) is 0 Å². The van der Waals surface area contributed by atoms with Crippen LogP contribution in [0.5, 0.6) is 0 Å². The van der Waals surface area contributed by atoms with Crippen LogP contribution < -0.4 is 5.73 Å². The number of carbonyl (C=O) groups is 1. The molecule has 1 rings (SSSR count). The van der Waals surface area contributed by atoms with E-state index in [2.05, 4.69) is 0 Å². The summed E-state index contributed by atoms with van der Waals surface area (Å²) in [5, 5.41) is 8.69. The van der Waals surface area contributed by atoms with E-state index in [1.54, 1.807) is 4.90 Å². The number of nitrogens with two attached hydrogens (primary N) is 1. The summed E-state index contributed by atoms with van der Waals surface area (Å²) < 4.78 is 0. The second kappa shape index (κ2) is 8.67. The zero-order chi connectivity index (χ0) is 14.1. The lowest BCUT2D eigenvalue weighted by molar-refractivity contribution is -0.129. The predicted octanol–water partition coefficient (Wildman–Crippen LogP) is 1.31. The average Bonchev–Trinajstić information content (AvgIpc) is 2.44. The standard InChI is InChI=1S/C15H24N2O2/c1-17(9-3-2-4-10-18)15(19)11-13-5-7-14(12-16)8-6-13/h5-8,18H,2-4,9-12,16H2,1H3. The van der Waals surface area contributed by atoms with Gasteiger partial charge < -0.3 is 15.7 Å². The van der Waals surface area contributed by atoms with Crippen LogP contribution in [0.15, 0.2) is 24.3 Å². The summed E-state index contributed by atoms with van der Waals surface area (Å²) in [4.78, 5) is 13.7. The van der Waals surface area contributed by atoms with Gasteiger partial charge in [0.1, 0.15) is 0 Å². The molecule has 0 unspecified atom stereocenters. The van der Waals surface area contributed by atoms with Gasteiger partial charge in [-0.2, -0.15) is 0 Å². The first kappa shape index (κ1) is 15.7. The Balaban J connectivity index is 2.36. The van der Waals surface area contributed by atoms with Gasteiger partial charge in [0.15, 0.2) is 0 Å². The normalized spacial score (nSPS) is 10.5. The summed E-state index contributed by atoms with van der Waals surface area (Å²) in [7, 11) is 1.83. The van der Waals surface area contributed by atoms with Crippen molar-refractivity contribution in [3.8, 4) is 0 Å². The molecular weight excluding hydrogens is 240 g/mol. The summed E-state index contributed by atoms with van der Waals surface area (Å²) >= 11 is 0. The molecule has 1 aromatic rings. The molecule has 4 heteroatoms. The minimum Gasteiger partial charge on any atom is -0.396 e. The molecule has 0 heterocycles. The minimum atomic E-state index is 0.129. The number of unbranched alkanes of at least 4 members (excludes halogenated alkanes) is 2. The van der Waals surface area contributed by atoms with Crippen LogP contribution in [0.3, 0.4) is 0 Å². The smallest absolute Gasteiger partial charge is 0.226 e. The molecular formula is C15H24N2O2. The number of benzene rings is 1. The molecule has 3 N–H and O–H groups in total. The highest BCUT2D eigenvalue weighted by atomic mass is 16.2. The first-order valence-corrected chi connectivity index (χ1v) is 6.80. The molecule has 0 spiro atoms. The Labute approximate surface area is 115 Å². The van der Waals surface area contributed by atoms with E-state index in [9.17, 15) is 4.79 Å². The zero-order valence-electron chi connectivity index (χ0n) is 11.6. The first-order chi connectivity index (χ1) is 9.17. The molecule has 0 saturated heterocycles. The molecule has 0 bridgehead atoms. The van der Waals surface area contributed by atoms with E-state index in [-0.39, 0.29) is 12.5 Å². The molecule has 0 aliphatic carbocycles.